The highest BCUT2D eigenvalue weighted by molar-refractivity contribution is 6.03. The van der Waals surface area contributed by atoms with Gasteiger partial charge in [0.25, 0.3) is 5.91 Å². The van der Waals surface area contributed by atoms with Crippen LogP contribution >= 0.6 is 0 Å². The van der Waals surface area contributed by atoms with E-state index in [1.54, 1.807) is 42.7 Å². The third-order valence-electron chi connectivity index (χ3n) is 3.75. The molecule has 2 aliphatic heterocycles. The number of rotatable bonds is 4. The molecule has 1 fully saturated rings. The highest BCUT2D eigenvalue weighted by Crippen LogP contribution is 2.22. The summed E-state index contributed by atoms with van der Waals surface area (Å²) >= 11 is 0. The van der Waals surface area contributed by atoms with Gasteiger partial charge in [-0.1, -0.05) is 12.1 Å². The van der Waals surface area contributed by atoms with Crippen molar-refractivity contribution in [2.45, 2.75) is 12.2 Å². The molecule has 0 spiro atoms. The first-order valence-corrected chi connectivity index (χ1v) is 7.34. The first-order chi connectivity index (χ1) is 11.6. The number of pyridine rings is 1. The van der Waals surface area contributed by atoms with Crippen molar-refractivity contribution in [2.75, 3.05) is 13.6 Å². The molecule has 2 unspecified atom stereocenters. The molecule has 9 nitrogen and oxygen atoms in total. The lowest BCUT2D eigenvalue weighted by atomic mass is 10.1. The minimum atomic E-state index is -0.609. The van der Waals surface area contributed by atoms with E-state index in [4.69, 9.17) is 0 Å². The van der Waals surface area contributed by atoms with Crippen molar-refractivity contribution in [1.29, 1.82) is 0 Å². The van der Waals surface area contributed by atoms with E-state index in [0.29, 0.717) is 12.5 Å². The molecule has 2 aliphatic rings. The molecule has 1 aromatic rings. The molecule has 1 saturated heterocycles. The van der Waals surface area contributed by atoms with E-state index in [0.717, 1.165) is 5.56 Å². The van der Waals surface area contributed by atoms with Crippen molar-refractivity contribution in [2.24, 2.45) is 10.1 Å². The van der Waals surface area contributed by atoms with Gasteiger partial charge in [-0.3, -0.25) is 15.1 Å². The van der Waals surface area contributed by atoms with Crippen molar-refractivity contribution >= 4 is 24.1 Å². The maximum atomic E-state index is 12.2. The molecule has 0 aromatic carbocycles. The molecule has 3 amide bonds. The Kier molecular flexibility index (Phi) is 4.23. The van der Waals surface area contributed by atoms with E-state index in [-0.39, 0.29) is 5.91 Å². The number of carbonyl (C=O) groups is 2. The summed E-state index contributed by atoms with van der Waals surface area (Å²) in [7, 11) is 1.59. The van der Waals surface area contributed by atoms with E-state index < -0.39 is 18.2 Å². The topological polar surface area (TPSA) is 102 Å². The lowest BCUT2D eigenvalue weighted by Gasteiger charge is -2.35. The van der Waals surface area contributed by atoms with Gasteiger partial charge < -0.3 is 9.80 Å². The first kappa shape index (κ1) is 15.7. The number of guanidine groups is 1. The number of hydrogen-bond donors (Lipinski definition) is 2. The molecule has 24 heavy (non-hydrogen) atoms. The van der Waals surface area contributed by atoms with Crippen molar-refractivity contribution in [3.05, 3.63) is 42.7 Å². The molecular weight excluding hydrogens is 310 g/mol. The van der Waals surface area contributed by atoms with Gasteiger partial charge in [-0.25, -0.2) is 15.2 Å². The van der Waals surface area contributed by atoms with Crippen LogP contribution in [0.15, 0.2) is 47.3 Å². The Hall–Kier alpha value is -3.23. The summed E-state index contributed by atoms with van der Waals surface area (Å²) < 4.78 is 0. The number of likely N-dealkylation sites (N-methyl/N-ethyl adjacent to an activating group) is 1. The molecule has 0 radical (unpaired) electrons. The van der Waals surface area contributed by atoms with Crippen molar-refractivity contribution in [3.63, 3.8) is 0 Å². The largest absolute Gasteiger partial charge is 0.325 e. The van der Waals surface area contributed by atoms with Gasteiger partial charge in [0.2, 0.25) is 5.96 Å². The van der Waals surface area contributed by atoms with Gasteiger partial charge in [-0.15, -0.1) is 6.58 Å². The number of carbonyl (C=O) groups excluding carboxylic acids is 2. The predicted molar refractivity (Wildman–Crippen MR) is 88.2 cm³/mol. The van der Waals surface area contributed by atoms with Crippen LogP contribution in [0.5, 0.6) is 0 Å². The molecule has 0 bridgehead atoms. The Balaban J connectivity index is 1.80. The zero-order valence-electron chi connectivity index (χ0n) is 13.1. The van der Waals surface area contributed by atoms with Gasteiger partial charge in [0.05, 0.1) is 6.21 Å². The molecule has 0 aliphatic carbocycles. The predicted octanol–water partition coefficient (Wildman–Crippen LogP) is -0.261. The zero-order chi connectivity index (χ0) is 17.1. The number of fused-ring (bicyclic) bond motifs is 1. The fourth-order valence-electron chi connectivity index (χ4n) is 2.57. The monoisotopic (exact) mass is 327 g/mol. The van der Waals surface area contributed by atoms with Crippen molar-refractivity contribution < 1.29 is 9.59 Å². The average Bonchev–Trinajstić information content (AvgIpc) is 2.93. The molecule has 2 N–H and O–H groups in total. The first-order valence-electron chi connectivity index (χ1n) is 7.34. The van der Waals surface area contributed by atoms with Crippen LogP contribution in [-0.2, 0) is 4.79 Å². The summed E-state index contributed by atoms with van der Waals surface area (Å²) in [5.41, 5.74) is 3.65. The molecule has 3 heterocycles. The third kappa shape index (κ3) is 2.83. The van der Waals surface area contributed by atoms with Gasteiger partial charge in [-0.05, 0) is 6.07 Å². The molecular formula is C15H17N7O2. The second kappa shape index (κ2) is 6.49. The normalized spacial score (nSPS) is 23.1. The van der Waals surface area contributed by atoms with Crippen LogP contribution in [0.4, 0.5) is 4.79 Å². The van der Waals surface area contributed by atoms with Crippen LogP contribution in [0.2, 0.25) is 0 Å². The Bertz CT molecular complexity index is 716. The molecule has 0 saturated carbocycles. The van der Waals surface area contributed by atoms with Crippen LogP contribution < -0.4 is 10.7 Å². The molecule has 1 aromatic heterocycles. The van der Waals surface area contributed by atoms with E-state index in [1.807, 2.05) is 6.07 Å². The summed E-state index contributed by atoms with van der Waals surface area (Å²) in [5.74, 6) is 0.0171. The van der Waals surface area contributed by atoms with E-state index in [9.17, 15) is 9.59 Å². The lowest BCUT2D eigenvalue weighted by molar-refractivity contribution is -0.126. The highest BCUT2D eigenvalue weighted by atomic mass is 16.2. The summed E-state index contributed by atoms with van der Waals surface area (Å²) in [6.45, 7) is 4.09. The number of amides is 3. The average molecular weight is 327 g/mol. The number of nitrogens with one attached hydrogen (secondary N) is 2. The lowest BCUT2D eigenvalue weighted by Crippen LogP contribution is -2.64. The maximum Gasteiger partial charge on any atom is 0.325 e. The second-order valence-electron chi connectivity index (χ2n) is 5.31. The number of hydrazone groups is 1. The van der Waals surface area contributed by atoms with Crippen LogP contribution in [0, 0.1) is 0 Å². The van der Waals surface area contributed by atoms with Gasteiger partial charge in [0.1, 0.15) is 0 Å². The molecule has 124 valence electrons. The summed E-state index contributed by atoms with van der Waals surface area (Å²) in [6, 6.07) is 2.58. The number of aliphatic imine (C=N–C) groups is 1. The van der Waals surface area contributed by atoms with Crippen molar-refractivity contribution in [3.8, 4) is 0 Å². The zero-order valence-corrected chi connectivity index (χ0v) is 13.1. The van der Waals surface area contributed by atoms with Gasteiger partial charge >= 0.3 is 6.03 Å². The molecule has 3 rings (SSSR count). The third-order valence-corrected chi connectivity index (χ3v) is 3.75. The number of hydrogen-bond acceptors (Lipinski definition) is 7. The number of aromatic nitrogens is 1. The van der Waals surface area contributed by atoms with Gasteiger partial charge in [0, 0.05) is 31.5 Å². The number of urea groups is 1. The van der Waals surface area contributed by atoms with Crippen LogP contribution in [0.3, 0.4) is 0 Å². The number of nitrogens with zero attached hydrogens (tertiary/aromatic N) is 5. The standard InChI is InChI=1S/C15H17N7O2/c1-3-7-22-11-12(21(2)15(24)19-13(11)23)18-14(22)20-17-9-10-5-4-6-16-8-10/h3-6,8-9,11-12H,1,7H2,2H3,(H,18,20)(H,19,23,24)/b17-9+. The minimum Gasteiger partial charge on any atom is -0.322 e. The molecule has 2 atom stereocenters. The minimum absolute atomic E-state index is 0.387. The van der Waals surface area contributed by atoms with Crippen LogP contribution in [-0.4, -0.2) is 64.7 Å². The quantitative estimate of drug-likeness (QED) is 0.451. The van der Waals surface area contributed by atoms with Gasteiger partial charge in [0.15, 0.2) is 12.2 Å². The fraction of sp³-hybridized carbons (Fsp3) is 0.267. The Labute approximate surface area is 138 Å². The van der Waals surface area contributed by atoms with E-state index in [1.165, 1.54) is 4.90 Å². The van der Waals surface area contributed by atoms with Crippen molar-refractivity contribution in [1.82, 2.24) is 25.5 Å². The Morgan fingerprint density at radius 1 is 1.50 bits per heavy atom. The molecule has 9 heteroatoms. The summed E-state index contributed by atoms with van der Waals surface area (Å²) in [5, 5.41) is 6.44. The Morgan fingerprint density at radius 2 is 2.33 bits per heavy atom. The van der Waals surface area contributed by atoms with Crippen LogP contribution in [0.25, 0.3) is 0 Å². The van der Waals surface area contributed by atoms with Gasteiger partial charge in [-0.2, -0.15) is 5.10 Å². The fourth-order valence-corrected chi connectivity index (χ4v) is 2.57. The summed E-state index contributed by atoms with van der Waals surface area (Å²) in [6.07, 6.45) is 6.01. The SMILES string of the molecule is C=CCN1C(N/N=C/c2cccnc2)=NC2C1C(=O)NC(=O)N2C. The van der Waals surface area contributed by atoms with Crippen LogP contribution in [0.1, 0.15) is 5.56 Å². The van der Waals surface area contributed by atoms with E-state index in [2.05, 4.69) is 32.4 Å². The summed E-state index contributed by atoms with van der Waals surface area (Å²) in [4.78, 5) is 35.4. The number of imide groups is 1. The van der Waals surface area contributed by atoms with E-state index >= 15 is 0 Å². The smallest absolute Gasteiger partial charge is 0.322 e. The Morgan fingerprint density at radius 3 is 3.04 bits per heavy atom. The highest BCUT2D eigenvalue weighted by Gasteiger charge is 2.48. The maximum absolute atomic E-state index is 12.2. The second-order valence-corrected chi connectivity index (χ2v) is 5.31.